The van der Waals surface area contributed by atoms with Crippen molar-refractivity contribution >= 4 is 38.1 Å². The maximum atomic E-state index is 6.51. The highest BCUT2D eigenvalue weighted by Crippen LogP contribution is 2.38. The molecular formula is C40H62O2Si2. The van der Waals surface area contributed by atoms with E-state index in [4.69, 9.17) is 8.83 Å². The SMILES string of the molecule is Cc1cc2c(C#C[Si](CC(C)C)(CC(C)C)CC(C)C)c3oc(C)cc3c(C#C[Si](CC(C)C)(CC(C)C)CC(C)C)c2o1. The van der Waals surface area contributed by atoms with Crippen LogP contribution >= 0.6 is 0 Å². The maximum absolute atomic E-state index is 6.51. The van der Waals surface area contributed by atoms with Crippen molar-refractivity contribution in [1.29, 1.82) is 0 Å². The largest absolute Gasteiger partial charge is 0.460 e. The molecule has 3 aromatic rings. The number of furan rings is 2. The Morgan fingerprint density at radius 2 is 0.727 bits per heavy atom. The van der Waals surface area contributed by atoms with E-state index in [0.29, 0.717) is 35.5 Å². The second-order valence-electron chi connectivity index (χ2n) is 16.6. The smallest absolute Gasteiger partial charge is 0.151 e. The Kier molecular flexibility index (Phi) is 12.4. The first-order valence-corrected chi connectivity index (χ1v) is 22.7. The number of fused-ring (bicyclic) bond motifs is 2. The molecule has 0 fully saturated rings. The van der Waals surface area contributed by atoms with E-state index in [9.17, 15) is 0 Å². The third-order valence-electron chi connectivity index (χ3n) is 8.40. The van der Waals surface area contributed by atoms with E-state index in [-0.39, 0.29) is 0 Å². The molecule has 0 aliphatic rings. The molecule has 0 bridgehead atoms. The third kappa shape index (κ3) is 9.44. The molecular weight excluding hydrogens is 569 g/mol. The highest BCUT2D eigenvalue weighted by atomic mass is 28.3. The zero-order chi connectivity index (χ0) is 33.0. The molecule has 3 rings (SSSR count). The number of rotatable bonds is 12. The second kappa shape index (κ2) is 15.0. The molecule has 44 heavy (non-hydrogen) atoms. The van der Waals surface area contributed by atoms with Crippen LogP contribution in [0.2, 0.25) is 36.3 Å². The van der Waals surface area contributed by atoms with E-state index in [0.717, 1.165) is 44.6 Å². The minimum absolute atomic E-state index is 0.639. The van der Waals surface area contributed by atoms with Crippen molar-refractivity contribution in [2.24, 2.45) is 35.5 Å². The fourth-order valence-electron chi connectivity index (χ4n) is 8.15. The zero-order valence-electron chi connectivity index (χ0n) is 30.7. The van der Waals surface area contributed by atoms with E-state index in [1.165, 1.54) is 36.3 Å². The zero-order valence-corrected chi connectivity index (χ0v) is 32.7. The molecule has 0 radical (unpaired) electrons. The van der Waals surface area contributed by atoms with Gasteiger partial charge in [-0.15, -0.1) is 11.1 Å². The molecule has 0 spiro atoms. The molecule has 0 unspecified atom stereocenters. The minimum atomic E-state index is -1.89. The molecule has 2 heterocycles. The van der Waals surface area contributed by atoms with Crippen molar-refractivity contribution in [1.82, 2.24) is 0 Å². The van der Waals surface area contributed by atoms with Gasteiger partial charge in [0.1, 0.15) is 27.7 Å². The average molecular weight is 631 g/mol. The fourth-order valence-corrected chi connectivity index (χ4v) is 19.9. The number of benzene rings is 1. The molecule has 0 atom stereocenters. The van der Waals surface area contributed by atoms with E-state index in [1.807, 2.05) is 13.8 Å². The molecule has 0 saturated carbocycles. The van der Waals surface area contributed by atoms with Crippen LogP contribution in [0.4, 0.5) is 0 Å². The lowest BCUT2D eigenvalue weighted by Gasteiger charge is -2.31. The lowest BCUT2D eigenvalue weighted by atomic mass is 10.0. The summed E-state index contributed by atoms with van der Waals surface area (Å²) in [6.07, 6.45) is 0. The van der Waals surface area contributed by atoms with Crippen molar-refractivity contribution in [3.63, 3.8) is 0 Å². The number of hydrogen-bond acceptors (Lipinski definition) is 2. The summed E-state index contributed by atoms with van der Waals surface area (Å²) in [6.45, 7) is 32.5. The first-order chi connectivity index (χ1) is 20.4. The summed E-state index contributed by atoms with van der Waals surface area (Å²) < 4.78 is 13.0. The Balaban J connectivity index is 2.36. The van der Waals surface area contributed by atoms with Crippen LogP contribution in [0, 0.1) is 72.3 Å². The Morgan fingerprint density at radius 3 is 0.955 bits per heavy atom. The van der Waals surface area contributed by atoms with Crippen molar-refractivity contribution in [3.05, 3.63) is 34.8 Å². The summed E-state index contributed by atoms with van der Waals surface area (Å²) in [7, 11) is -3.77. The molecule has 4 heteroatoms. The Hall–Kier alpha value is -2.15. The van der Waals surface area contributed by atoms with Gasteiger partial charge >= 0.3 is 0 Å². The molecule has 0 aliphatic heterocycles. The van der Waals surface area contributed by atoms with Gasteiger partial charge in [-0.3, -0.25) is 0 Å². The van der Waals surface area contributed by atoms with Crippen LogP contribution in [0.5, 0.6) is 0 Å². The molecule has 2 nitrogen and oxygen atoms in total. The summed E-state index contributed by atoms with van der Waals surface area (Å²) in [6, 6.07) is 11.8. The van der Waals surface area contributed by atoms with Gasteiger partial charge in [-0.1, -0.05) is 94.9 Å². The molecule has 0 amide bonds. The van der Waals surface area contributed by atoms with E-state index < -0.39 is 16.1 Å². The van der Waals surface area contributed by atoms with E-state index >= 15 is 0 Å². The van der Waals surface area contributed by atoms with Crippen molar-refractivity contribution in [2.75, 3.05) is 0 Å². The second-order valence-corrected chi connectivity index (χ2v) is 24.7. The van der Waals surface area contributed by atoms with Gasteiger partial charge in [-0.2, -0.15) is 0 Å². The van der Waals surface area contributed by atoms with Crippen LogP contribution in [0.15, 0.2) is 21.0 Å². The highest BCUT2D eigenvalue weighted by Gasteiger charge is 2.35. The summed E-state index contributed by atoms with van der Waals surface area (Å²) in [5.41, 5.74) is 11.9. The molecule has 0 N–H and O–H groups in total. The normalized spacial score (nSPS) is 12.8. The van der Waals surface area contributed by atoms with Crippen LogP contribution in [0.25, 0.3) is 21.9 Å². The first-order valence-electron chi connectivity index (χ1n) is 17.5. The summed E-state index contributed by atoms with van der Waals surface area (Å²) >= 11 is 0. The van der Waals surface area contributed by atoms with Crippen LogP contribution in [-0.2, 0) is 0 Å². The molecule has 1 aromatic carbocycles. The number of aryl methyl sites for hydroxylation is 2. The van der Waals surface area contributed by atoms with E-state index in [2.05, 4.69) is 118 Å². The minimum Gasteiger partial charge on any atom is -0.460 e. The van der Waals surface area contributed by atoms with Gasteiger partial charge in [0.2, 0.25) is 0 Å². The maximum Gasteiger partial charge on any atom is 0.151 e. The van der Waals surface area contributed by atoms with Crippen molar-refractivity contribution < 1.29 is 8.83 Å². The van der Waals surface area contributed by atoms with Crippen LogP contribution < -0.4 is 0 Å². The van der Waals surface area contributed by atoms with Gasteiger partial charge in [0.25, 0.3) is 0 Å². The van der Waals surface area contributed by atoms with Crippen molar-refractivity contribution in [3.8, 4) is 22.9 Å². The summed E-state index contributed by atoms with van der Waals surface area (Å²) in [5.74, 6) is 13.3. The van der Waals surface area contributed by atoms with Gasteiger partial charge < -0.3 is 8.83 Å². The van der Waals surface area contributed by atoms with Crippen LogP contribution in [0.1, 0.15) is 106 Å². The monoisotopic (exact) mass is 630 g/mol. The van der Waals surface area contributed by atoms with E-state index in [1.54, 1.807) is 0 Å². The van der Waals surface area contributed by atoms with Gasteiger partial charge in [0.15, 0.2) is 11.2 Å². The fraction of sp³-hybridized carbons (Fsp3) is 0.650. The van der Waals surface area contributed by atoms with Crippen LogP contribution in [0.3, 0.4) is 0 Å². The lowest BCUT2D eigenvalue weighted by molar-refractivity contribution is 0.574. The molecule has 242 valence electrons. The number of hydrogen-bond donors (Lipinski definition) is 0. The Morgan fingerprint density at radius 1 is 0.477 bits per heavy atom. The molecule has 0 aliphatic carbocycles. The third-order valence-corrected chi connectivity index (χ3v) is 19.3. The summed E-state index contributed by atoms with van der Waals surface area (Å²) in [4.78, 5) is 0. The Bertz CT molecular complexity index is 1300. The lowest BCUT2D eigenvalue weighted by Crippen LogP contribution is -2.37. The highest BCUT2D eigenvalue weighted by molar-refractivity contribution is 6.88. The van der Waals surface area contributed by atoms with Gasteiger partial charge in [0.05, 0.1) is 11.1 Å². The molecule has 0 saturated heterocycles. The predicted octanol–water partition coefficient (Wildman–Crippen LogP) is 12.4. The van der Waals surface area contributed by atoms with Crippen molar-refractivity contribution in [2.45, 2.75) is 133 Å². The predicted molar refractivity (Wildman–Crippen MR) is 199 cm³/mol. The van der Waals surface area contributed by atoms with Gasteiger partial charge in [-0.25, -0.2) is 0 Å². The first kappa shape index (κ1) is 36.3. The van der Waals surface area contributed by atoms with Gasteiger partial charge in [-0.05, 0) is 97.8 Å². The molecule has 2 aromatic heterocycles. The standard InChI is InChI=1S/C40H62O2Si2/c1-27(2)21-43(22-28(3)4,23-29(5)6)17-15-35-37-19-33(13)42-40(37)36(38-20-34(14)41-39(35)38)16-18-44(24-30(7)8,25-31(9)10)26-32(11)12/h19-20,27-32H,21-26H2,1-14H3. The van der Waals surface area contributed by atoms with Gasteiger partial charge in [0, 0.05) is 10.8 Å². The topological polar surface area (TPSA) is 26.3 Å². The average Bonchev–Trinajstić information content (AvgIpc) is 3.40. The quantitative estimate of drug-likeness (QED) is 0.147. The van der Waals surface area contributed by atoms with Crippen LogP contribution in [-0.4, -0.2) is 16.1 Å². The summed E-state index contributed by atoms with van der Waals surface area (Å²) in [5, 5.41) is 2.12. The Labute approximate surface area is 272 Å².